The molecule has 0 amide bonds. The van der Waals surface area contributed by atoms with Gasteiger partial charge in [-0.05, 0) is 72.4 Å². The molecule has 0 radical (unpaired) electrons. The van der Waals surface area contributed by atoms with Gasteiger partial charge in [0, 0.05) is 43.9 Å². The highest BCUT2D eigenvalue weighted by molar-refractivity contribution is 4.99. The van der Waals surface area contributed by atoms with Gasteiger partial charge >= 0.3 is 0 Å². The van der Waals surface area contributed by atoms with E-state index in [1.165, 1.54) is 45.4 Å². The van der Waals surface area contributed by atoms with Crippen LogP contribution in [0.5, 0.6) is 0 Å². The van der Waals surface area contributed by atoms with E-state index in [9.17, 15) is 0 Å². The van der Waals surface area contributed by atoms with E-state index >= 15 is 0 Å². The highest BCUT2D eigenvalue weighted by Gasteiger charge is 2.37. The zero-order valence-corrected chi connectivity index (χ0v) is 15.4. The van der Waals surface area contributed by atoms with E-state index in [0.717, 1.165) is 18.9 Å². The van der Waals surface area contributed by atoms with Crippen LogP contribution in [0.1, 0.15) is 53.4 Å². The molecule has 0 aromatic heterocycles. The lowest BCUT2D eigenvalue weighted by Crippen LogP contribution is -2.61. The maximum atomic E-state index is 5.15. The maximum absolute atomic E-state index is 5.15. The summed E-state index contributed by atoms with van der Waals surface area (Å²) >= 11 is 0. The van der Waals surface area contributed by atoms with E-state index in [-0.39, 0.29) is 11.1 Å². The Hall–Kier alpha value is -0.160. The van der Waals surface area contributed by atoms with Crippen LogP contribution in [0.4, 0.5) is 0 Å². The van der Waals surface area contributed by atoms with Gasteiger partial charge in [-0.1, -0.05) is 0 Å². The molecule has 0 saturated carbocycles. The average molecular weight is 312 g/mol. The van der Waals surface area contributed by atoms with E-state index in [1.807, 2.05) is 0 Å². The average Bonchev–Trinajstić information content (AvgIpc) is 2.81. The molecule has 22 heavy (non-hydrogen) atoms. The molecule has 0 bridgehead atoms. The first-order valence-electron chi connectivity index (χ1n) is 9.04. The van der Waals surface area contributed by atoms with Crippen LogP contribution in [0.25, 0.3) is 0 Å². The second kappa shape index (κ2) is 7.61. The Morgan fingerprint density at radius 1 is 1.18 bits per heavy atom. The lowest BCUT2D eigenvalue weighted by Gasteiger charge is -2.47. The molecule has 4 nitrogen and oxygen atoms in total. The van der Waals surface area contributed by atoms with Crippen molar-refractivity contribution in [2.24, 2.45) is 5.92 Å². The summed E-state index contributed by atoms with van der Waals surface area (Å²) in [4.78, 5) is 2.60. The maximum Gasteiger partial charge on any atom is 0.0474 e. The highest BCUT2D eigenvalue weighted by Crippen LogP contribution is 2.28. The SMILES string of the molecule is COCCCN1CC[C@@H](CNC2CC(C)(C)NC(C)(C)C2)C1. The minimum Gasteiger partial charge on any atom is -0.385 e. The van der Waals surface area contributed by atoms with E-state index in [1.54, 1.807) is 7.11 Å². The van der Waals surface area contributed by atoms with Gasteiger partial charge in [-0.15, -0.1) is 0 Å². The molecule has 2 aliphatic heterocycles. The smallest absolute Gasteiger partial charge is 0.0474 e. The molecular formula is C18H37N3O. The third-order valence-electron chi connectivity index (χ3n) is 5.08. The molecule has 4 heteroatoms. The number of piperidine rings is 1. The minimum atomic E-state index is 0.237. The summed E-state index contributed by atoms with van der Waals surface area (Å²) in [6.07, 6.45) is 4.95. The molecule has 2 fully saturated rings. The number of likely N-dealkylation sites (tertiary alicyclic amines) is 1. The third-order valence-corrected chi connectivity index (χ3v) is 5.08. The lowest BCUT2D eigenvalue weighted by molar-refractivity contribution is 0.143. The Morgan fingerprint density at radius 3 is 2.50 bits per heavy atom. The number of hydrogen-bond donors (Lipinski definition) is 2. The van der Waals surface area contributed by atoms with Crippen LogP contribution >= 0.6 is 0 Å². The summed E-state index contributed by atoms with van der Waals surface area (Å²) in [6, 6.07) is 0.647. The van der Waals surface area contributed by atoms with Gasteiger partial charge in [0.1, 0.15) is 0 Å². The summed E-state index contributed by atoms with van der Waals surface area (Å²) in [5, 5.41) is 7.64. The summed E-state index contributed by atoms with van der Waals surface area (Å²) < 4.78 is 5.15. The van der Waals surface area contributed by atoms with Crippen LogP contribution in [0.15, 0.2) is 0 Å². The van der Waals surface area contributed by atoms with Gasteiger partial charge in [-0.3, -0.25) is 0 Å². The standard InChI is InChI=1S/C18H37N3O/c1-17(2)11-16(12-18(3,4)20-17)19-13-15-7-9-21(14-15)8-6-10-22-5/h15-16,19-20H,6-14H2,1-5H3/t15-/m0/s1. The summed E-state index contributed by atoms with van der Waals surface area (Å²) in [5.41, 5.74) is 0.475. The van der Waals surface area contributed by atoms with Crippen molar-refractivity contribution in [1.82, 2.24) is 15.5 Å². The molecule has 2 N–H and O–H groups in total. The number of hydrogen-bond acceptors (Lipinski definition) is 4. The number of rotatable bonds is 7. The fourth-order valence-corrected chi connectivity index (χ4v) is 4.52. The second-order valence-corrected chi connectivity index (χ2v) is 8.71. The molecule has 2 saturated heterocycles. The molecule has 0 unspecified atom stereocenters. The third kappa shape index (κ3) is 5.80. The summed E-state index contributed by atoms with van der Waals surface area (Å²) in [6.45, 7) is 15.1. The molecule has 0 aromatic carbocycles. The van der Waals surface area contributed by atoms with E-state index in [0.29, 0.717) is 6.04 Å². The zero-order valence-electron chi connectivity index (χ0n) is 15.4. The fourth-order valence-electron chi connectivity index (χ4n) is 4.52. The Labute approximate surface area is 137 Å². The lowest BCUT2D eigenvalue weighted by atomic mass is 9.79. The van der Waals surface area contributed by atoms with Crippen LogP contribution in [0, 0.1) is 5.92 Å². The van der Waals surface area contributed by atoms with Gasteiger partial charge < -0.3 is 20.3 Å². The molecule has 0 aliphatic carbocycles. The van der Waals surface area contributed by atoms with E-state index in [2.05, 4.69) is 43.2 Å². The second-order valence-electron chi connectivity index (χ2n) is 8.71. The molecule has 2 rings (SSSR count). The predicted molar refractivity (Wildman–Crippen MR) is 93.4 cm³/mol. The topological polar surface area (TPSA) is 36.5 Å². The first kappa shape index (κ1) is 18.2. The quantitative estimate of drug-likeness (QED) is 0.707. The monoisotopic (exact) mass is 311 g/mol. The van der Waals surface area contributed by atoms with Gasteiger partial charge in [0.25, 0.3) is 0 Å². The number of nitrogens with one attached hydrogen (secondary N) is 2. The molecule has 0 spiro atoms. The molecule has 2 aliphatic rings. The van der Waals surface area contributed by atoms with Crippen molar-refractivity contribution >= 4 is 0 Å². The van der Waals surface area contributed by atoms with Crippen LogP contribution in [0.2, 0.25) is 0 Å². The Balaban J connectivity index is 1.70. The van der Waals surface area contributed by atoms with Gasteiger partial charge in [0.2, 0.25) is 0 Å². The molecule has 130 valence electrons. The molecule has 0 aromatic rings. The summed E-state index contributed by atoms with van der Waals surface area (Å²) in [5.74, 6) is 0.823. The van der Waals surface area contributed by atoms with Crippen molar-refractivity contribution in [3.05, 3.63) is 0 Å². The number of ether oxygens (including phenoxy) is 1. The van der Waals surface area contributed by atoms with Gasteiger partial charge in [-0.25, -0.2) is 0 Å². The first-order chi connectivity index (χ1) is 10.3. The minimum absolute atomic E-state index is 0.237. The van der Waals surface area contributed by atoms with Crippen molar-refractivity contribution in [2.45, 2.75) is 70.5 Å². The van der Waals surface area contributed by atoms with E-state index in [4.69, 9.17) is 4.74 Å². The summed E-state index contributed by atoms with van der Waals surface area (Å²) in [7, 11) is 1.79. The normalized spacial score (nSPS) is 29.0. The molecule has 1 atom stereocenters. The van der Waals surface area contributed by atoms with Crippen molar-refractivity contribution < 1.29 is 4.74 Å². The van der Waals surface area contributed by atoms with Crippen LogP contribution < -0.4 is 10.6 Å². The van der Waals surface area contributed by atoms with Crippen LogP contribution in [-0.4, -0.2) is 61.9 Å². The van der Waals surface area contributed by atoms with Crippen molar-refractivity contribution in [3.63, 3.8) is 0 Å². The Morgan fingerprint density at radius 2 is 1.86 bits per heavy atom. The van der Waals surface area contributed by atoms with Crippen molar-refractivity contribution in [3.8, 4) is 0 Å². The Kier molecular flexibility index (Phi) is 6.29. The van der Waals surface area contributed by atoms with Crippen LogP contribution in [-0.2, 0) is 4.74 Å². The Bertz CT molecular complexity index is 327. The van der Waals surface area contributed by atoms with Gasteiger partial charge in [0.15, 0.2) is 0 Å². The van der Waals surface area contributed by atoms with Crippen molar-refractivity contribution in [2.75, 3.05) is 39.9 Å². The number of nitrogens with zero attached hydrogens (tertiary/aromatic N) is 1. The largest absolute Gasteiger partial charge is 0.385 e. The molecular weight excluding hydrogens is 274 g/mol. The predicted octanol–water partition coefficient (Wildman–Crippen LogP) is 2.24. The highest BCUT2D eigenvalue weighted by atomic mass is 16.5. The van der Waals surface area contributed by atoms with Gasteiger partial charge in [0.05, 0.1) is 0 Å². The molecule has 2 heterocycles. The zero-order chi connectivity index (χ0) is 16.2. The van der Waals surface area contributed by atoms with E-state index < -0.39 is 0 Å². The van der Waals surface area contributed by atoms with Crippen LogP contribution in [0.3, 0.4) is 0 Å². The number of methoxy groups -OCH3 is 1. The fraction of sp³-hybridized carbons (Fsp3) is 1.00. The van der Waals surface area contributed by atoms with Gasteiger partial charge in [-0.2, -0.15) is 0 Å². The first-order valence-corrected chi connectivity index (χ1v) is 9.04. The van der Waals surface area contributed by atoms with Crippen molar-refractivity contribution in [1.29, 1.82) is 0 Å².